The topological polar surface area (TPSA) is 40.2 Å². The van der Waals surface area contributed by atoms with Crippen LogP contribution >= 0.6 is 8.53 Å². The Hall–Kier alpha value is -2.89. The van der Waals surface area contributed by atoms with Crippen LogP contribution in [0.1, 0.15) is 69.2 Å². The summed E-state index contributed by atoms with van der Waals surface area (Å²) in [6, 6.07) is 42.7. The van der Waals surface area contributed by atoms with Crippen LogP contribution in [-0.4, -0.2) is 34.7 Å². The lowest BCUT2D eigenvalue weighted by molar-refractivity contribution is -0.175. The first-order valence-electron chi connectivity index (χ1n) is 15.9. The van der Waals surface area contributed by atoms with E-state index in [4.69, 9.17) is 18.5 Å². The van der Waals surface area contributed by atoms with E-state index in [1.807, 2.05) is 13.8 Å². The average molecular weight is 608 g/mol. The minimum Gasteiger partial charge on any atom is -0.341 e. The molecule has 0 saturated carbocycles. The van der Waals surface area contributed by atoms with Gasteiger partial charge in [0.1, 0.15) is 12.2 Å². The van der Waals surface area contributed by atoms with E-state index in [-0.39, 0.29) is 12.1 Å². The second kappa shape index (κ2) is 11.8. The Morgan fingerprint density at radius 3 is 1.18 bits per heavy atom. The van der Waals surface area contributed by atoms with Crippen LogP contribution in [0.2, 0.25) is 0 Å². The third-order valence-corrected chi connectivity index (χ3v) is 11.5. The molecule has 0 aliphatic carbocycles. The molecule has 3 fully saturated rings. The van der Waals surface area contributed by atoms with Crippen molar-refractivity contribution in [3.05, 3.63) is 144 Å². The van der Waals surface area contributed by atoms with Crippen LogP contribution in [0.3, 0.4) is 0 Å². The number of piperidine rings is 1. The van der Waals surface area contributed by atoms with Gasteiger partial charge in [-0.3, -0.25) is 0 Å². The summed E-state index contributed by atoms with van der Waals surface area (Å²) in [4.78, 5) is 0. The lowest BCUT2D eigenvalue weighted by atomic mass is 9.72. The van der Waals surface area contributed by atoms with E-state index in [9.17, 15) is 0 Å². The van der Waals surface area contributed by atoms with Crippen molar-refractivity contribution in [3.8, 4) is 0 Å². The number of fused-ring (bicyclic) bond motifs is 1. The van der Waals surface area contributed by atoms with Crippen molar-refractivity contribution in [2.45, 2.75) is 88.2 Å². The molecule has 7 rings (SSSR count). The quantitative estimate of drug-likeness (QED) is 0.212. The van der Waals surface area contributed by atoms with E-state index in [1.165, 1.54) is 6.42 Å². The molecule has 3 aliphatic rings. The van der Waals surface area contributed by atoms with E-state index >= 15 is 0 Å². The SMILES string of the molecule is CC1CCCC(C)N1P1OC(c2ccccc2)(c2ccccc2)[C@@H]2OC(C)(C)O[C@H]2C(c2ccccc2)(c2ccccc2)O1. The van der Waals surface area contributed by atoms with Crippen LogP contribution in [0.5, 0.6) is 0 Å². The van der Waals surface area contributed by atoms with Crippen LogP contribution in [0.25, 0.3) is 0 Å². The zero-order chi connectivity index (χ0) is 30.4. The van der Waals surface area contributed by atoms with Crippen LogP contribution < -0.4 is 0 Å². The minimum absolute atomic E-state index is 0.287. The van der Waals surface area contributed by atoms with Gasteiger partial charge in [-0.25, -0.2) is 4.67 Å². The van der Waals surface area contributed by atoms with Crippen molar-refractivity contribution in [1.29, 1.82) is 0 Å². The van der Waals surface area contributed by atoms with Crippen LogP contribution in [0.15, 0.2) is 121 Å². The lowest BCUT2D eigenvalue weighted by Crippen LogP contribution is -2.53. The van der Waals surface area contributed by atoms with Gasteiger partial charge in [-0.05, 0) is 62.8 Å². The molecule has 228 valence electrons. The van der Waals surface area contributed by atoms with Gasteiger partial charge >= 0.3 is 0 Å². The fourth-order valence-electron chi connectivity index (χ4n) is 7.49. The number of hydrogen-bond donors (Lipinski definition) is 0. The molecule has 0 amide bonds. The molecular weight excluding hydrogens is 565 g/mol. The first kappa shape index (κ1) is 29.8. The first-order valence-corrected chi connectivity index (χ1v) is 17.0. The highest BCUT2D eigenvalue weighted by Gasteiger charge is 2.67. The van der Waals surface area contributed by atoms with Crippen molar-refractivity contribution in [1.82, 2.24) is 4.67 Å². The van der Waals surface area contributed by atoms with E-state index in [1.54, 1.807) is 0 Å². The van der Waals surface area contributed by atoms with Crippen molar-refractivity contribution < 1.29 is 18.5 Å². The minimum atomic E-state index is -1.65. The number of rotatable bonds is 5. The summed E-state index contributed by atoms with van der Waals surface area (Å²) in [6.45, 7) is 8.62. The van der Waals surface area contributed by atoms with Crippen LogP contribution in [-0.2, 0) is 29.7 Å². The highest BCUT2D eigenvalue weighted by molar-refractivity contribution is 7.44. The van der Waals surface area contributed by atoms with Gasteiger partial charge in [0.15, 0.2) is 17.0 Å². The predicted octanol–water partition coefficient (Wildman–Crippen LogP) is 8.93. The maximum Gasteiger partial charge on any atom is 0.261 e. The Balaban J connectivity index is 1.57. The summed E-state index contributed by atoms with van der Waals surface area (Å²) >= 11 is 0. The predicted molar refractivity (Wildman–Crippen MR) is 175 cm³/mol. The zero-order valence-corrected chi connectivity index (χ0v) is 26.9. The van der Waals surface area contributed by atoms with Crippen molar-refractivity contribution in [2.24, 2.45) is 0 Å². The van der Waals surface area contributed by atoms with Crippen molar-refractivity contribution in [3.63, 3.8) is 0 Å². The Morgan fingerprint density at radius 2 is 0.864 bits per heavy atom. The summed E-state index contributed by atoms with van der Waals surface area (Å²) in [5, 5.41) is 0. The average Bonchev–Trinajstić information content (AvgIpc) is 3.33. The highest BCUT2D eigenvalue weighted by Crippen LogP contribution is 2.67. The molecule has 4 atom stereocenters. The molecule has 44 heavy (non-hydrogen) atoms. The molecule has 3 saturated heterocycles. The summed E-state index contributed by atoms with van der Waals surface area (Å²) < 4.78 is 32.2. The fraction of sp³-hybridized carbons (Fsp3) is 0.368. The van der Waals surface area contributed by atoms with E-state index in [0.717, 1.165) is 35.1 Å². The summed E-state index contributed by atoms with van der Waals surface area (Å²) in [6.07, 6.45) is 2.28. The Morgan fingerprint density at radius 1 is 0.545 bits per heavy atom. The maximum absolute atomic E-state index is 7.72. The second-order valence-electron chi connectivity index (χ2n) is 12.8. The van der Waals surface area contributed by atoms with Gasteiger partial charge in [0, 0.05) is 12.1 Å². The van der Waals surface area contributed by atoms with Crippen molar-refractivity contribution >= 4 is 8.53 Å². The monoisotopic (exact) mass is 607 g/mol. The van der Waals surface area contributed by atoms with Gasteiger partial charge in [0.05, 0.1) is 0 Å². The van der Waals surface area contributed by atoms with Gasteiger partial charge in [-0.2, -0.15) is 0 Å². The van der Waals surface area contributed by atoms with Gasteiger partial charge in [-0.15, -0.1) is 0 Å². The van der Waals surface area contributed by atoms with Gasteiger partial charge in [0.25, 0.3) is 8.53 Å². The Kier molecular flexibility index (Phi) is 7.99. The van der Waals surface area contributed by atoms with Gasteiger partial charge in [0.2, 0.25) is 0 Å². The normalized spacial score (nSPS) is 28.2. The molecule has 0 radical (unpaired) electrons. The first-order chi connectivity index (χ1) is 21.3. The van der Waals surface area contributed by atoms with Crippen LogP contribution in [0, 0.1) is 0 Å². The van der Waals surface area contributed by atoms with Gasteiger partial charge < -0.3 is 18.5 Å². The molecule has 3 aliphatic heterocycles. The molecule has 3 heterocycles. The zero-order valence-electron chi connectivity index (χ0n) is 26.0. The number of ether oxygens (including phenoxy) is 2. The molecular formula is C38H42NO4P. The maximum atomic E-state index is 7.72. The van der Waals surface area contributed by atoms with Crippen molar-refractivity contribution in [2.75, 3.05) is 0 Å². The molecule has 0 aromatic heterocycles. The summed E-state index contributed by atoms with van der Waals surface area (Å²) in [5.74, 6) is -0.891. The molecule has 6 heteroatoms. The smallest absolute Gasteiger partial charge is 0.261 e. The summed E-state index contributed by atoms with van der Waals surface area (Å²) in [7, 11) is -1.65. The second-order valence-corrected chi connectivity index (χ2v) is 14.1. The Bertz CT molecular complexity index is 1340. The molecule has 4 aromatic carbocycles. The van der Waals surface area contributed by atoms with E-state index in [2.05, 4.69) is 140 Å². The standard InChI is InChI=1S/C38H42NO4P/c1-28-18-17-19-29(2)39(28)44-42-37(30-20-9-5-10-21-30,31-22-11-6-12-23-31)34-35(41-36(3,4)40-34)38(43-44,32-24-13-7-14-25-32)33-26-15-8-16-27-33/h5-16,20-29,34-35H,17-19H2,1-4H3/t28?,29?,34-,35-/m1/s1. The molecule has 0 spiro atoms. The van der Waals surface area contributed by atoms with E-state index < -0.39 is 37.7 Å². The Labute approximate surface area is 263 Å². The largest absolute Gasteiger partial charge is 0.341 e. The number of nitrogens with zero attached hydrogens (tertiary/aromatic N) is 1. The molecule has 0 bridgehead atoms. The fourth-order valence-corrected chi connectivity index (χ4v) is 9.71. The number of hydrogen-bond acceptors (Lipinski definition) is 5. The molecule has 4 aromatic rings. The number of benzene rings is 4. The third-order valence-electron chi connectivity index (χ3n) is 9.49. The van der Waals surface area contributed by atoms with E-state index in [0.29, 0.717) is 0 Å². The van der Waals surface area contributed by atoms with Crippen LogP contribution in [0.4, 0.5) is 0 Å². The summed E-state index contributed by atoms with van der Waals surface area (Å²) in [5.41, 5.74) is 2.05. The molecule has 0 N–H and O–H groups in total. The highest BCUT2D eigenvalue weighted by atomic mass is 31.2. The molecule has 5 nitrogen and oxygen atoms in total. The molecule has 2 unspecified atom stereocenters. The van der Waals surface area contributed by atoms with Gasteiger partial charge in [-0.1, -0.05) is 128 Å². The lowest BCUT2D eigenvalue weighted by Gasteiger charge is -2.47. The third kappa shape index (κ3) is 4.95.